The van der Waals surface area contributed by atoms with E-state index in [9.17, 15) is 25.2 Å². The fourth-order valence-electron chi connectivity index (χ4n) is 5.63. The molecule has 0 saturated heterocycles. The summed E-state index contributed by atoms with van der Waals surface area (Å²) >= 11 is 8.30. The summed E-state index contributed by atoms with van der Waals surface area (Å²) in [6, 6.07) is 16.4. The number of nitrogens with one attached hydrogen (secondary N) is 1. The number of aliphatic hydroxyl groups is 5. The van der Waals surface area contributed by atoms with E-state index < -0.39 is 31.0 Å². The first-order valence-electron chi connectivity index (χ1n) is 15.9. The first kappa shape index (κ1) is 34.6. The van der Waals surface area contributed by atoms with Gasteiger partial charge in [0.05, 0.1) is 18.8 Å². The molecule has 2 aliphatic carbocycles. The first-order chi connectivity index (χ1) is 22.2. The molecule has 0 aliphatic heterocycles. The smallest absolute Gasteiger partial charge is 0.220 e. The maximum Gasteiger partial charge on any atom is 0.220 e. The van der Waals surface area contributed by atoms with Crippen LogP contribution in [0.5, 0.6) is 5.75 Å². The van der Waals surface area contributed by atoms with Crippen LogP contribution < -0.4 is 10.1 Å². The minimum absolute atomic E-state index is 0.0521. The van der Waals surface area contributed by atoms with Crippen molar-refractivity contribution in [1.82, 2.24) is 10.3 Å². The third kappa shape index (κ3) is 9.01. The summed E-state index contributed by atoms with van der Waals surface area (Å²) in [5.74, 6) is 1.34. The Bertz CT molecular complexity index is 1470. The van der Waals surface area contributed by atoms with E-state index in [1.54, 1.807) is 11.8 Å². The number of hydrogen-bond donors (Lipinski definition) is 6. The lowest BCUT2D eigenvalue weighted by molar-refractivity contribution is -0.126. The van der Waals surface area contributed by atoms with E-state index in [1.807, 2.05) is 30.6 Å². The standard InChI is InChI=1S/C35H43ClN2O7S/c36-28-10-9-24(46-17-3-6-32(42)38-20-29(40)33(43)34(44)30(41)21-39)18-22(28)11-13-35(14-15-35)27-19-37-16-12-25(27)26-4-1-2-5-31(26)45-23-7-8-23/h1-2,4-5,9-10,12,16,18-19,23,29-30,33-34,39-41,43-44H,3,6-8,11,13-15,17,20-21H2,(H,38,42)/t29-,30+,33+,34+/m0/s1. The predicted molar refractivity (Wildman–Crippen MR) is 178 cm³/mol. The lowest BCUT2D eigenvalue weighted by Gasteiger charge is -2.25. The van der Waals surface area contributed by atoms with Crippen LogP contribution in [0.15, 0.2) is 65.8 Å². The molecule has 6 N–H and O–H groups in total. The second-order valence-electron chi connectivity index (χ2n) is 12.3. The van der Waals surface area contributed by atoms with E-state index in [0.717, 1.165) is 65.3 Å². The summed E-state index contributed by atoms with van der Waals surface area (Å²) in [4.78, 5) is 17.8. The van der Waals surface area contributed by atoms with Gasteiger partial charge in [-0.2, -0.15) is 0 Å². The Morgan fingerprint density at radius 2 is 1.80 bits per heavy atom. The molecule has 11 heteroatoms. The SMILES string of the molecule is O=C(CCCSc1ccc(Cl)c(CCC2(c3cnccc3-c3ccccc3OC3CC3)CC2)c1)NC[C@H](O)[C@@H](O)[C@H](O)[C@H](O)CO. The molecule has 0 radical (unpaired) electrons. The van der Waals surface area contributed by atoms with Crippen LogP contribution in [0.1, 0.15) is 56.1 Å². The Labute approximate surface area is 279 Å². The number of nitrogens with zero attached hydrogens (tertiary/aromatic N) is 1. The van der Waals surface area contributed by atoms with Crippen molar-refractivity contribution >= 4 is 29.3 Å². The van der Waals surface area contributed by atoms with Crippen LogP contribution in [-0.2, 0) is 16.6 Å². The molecule has 2 aliphatic rings. The van der Waals surface area contributed by atoms with Gasteiger partial charge in [0.2, 0.25) is 5.91 Å². The molecule has 1 aromatic heterocycles. The van der Waals surface area contributed by atoms with Crippen LogP contribution in [0.2, 0.25) is 5.02 Å². The van der Waals surface area contributed by atoms with Crippen molar-refractivity contribution < 1.29 is 35.1 Å². The monoisotopic (exact) mass is 670 g/mol. The number of ether oxygens (including phenoxy) is 1. The summed E-state index contributed by atoms with van der Waals surface area (Å²) in [5.41, 5.74) is 4.72. The van der Waals surface area contributed by atoms with Gasteiger partial charge in [0, 0.05) is 40.8 Å². The minimum atomic E-state index is -1.73. The number of hydrogen-bond acceptors (Lipinski definition) is 9. The van der Waals surface area contributed by atoms with Crippen LogP contribution >= 0.6 is 23.4 Å². The third-order valence-corrected chi connectivity index (χ3v) is 10.2. The Hall–Kier alpha value is -2.70. The van der Waals surface area contributed by atoms with Crippen molar-refractivity contribution in [2.24, 2.45) is 0 Å². The molecule has 5 rings (SSSR count). The number of amides is 1. The zero-order valence-electron chi connectivity index (χ0n) is 25.7. The highest BCUT2D eigenvalue weighted by Crippen LogP contribution is 2.55. The van der Waals surface area contributed by atoms with Crippen LogP contribution in [-0.4, -0.2) is 85.8 Å². The van der Waals surface area contributed by atoms with Crippen LogP contribution in [0.4, 0.5) is 0 Å². The van der Waals surface area contributed by atoms with Crippen LogP contribution in [0, 0.1) is 0 Å². The molecule has 4 atom stereocenters. The Morgan fingerprint density at radius 1 is 1.04 bits per heavy atom. The van der Waals surface area contributed by atoms with Crippen molar-refractivity contribution in [3.05, 3.63) is 77.1 Å². The van der Waals surface area contributed by atoms with Crippen molar-refractivity contribution in [1.29, 1.82) is 0 Å². The maximum absolute atomic E-state index is 12.2. The molecule has 0 spiro atoms. The van der Waals surface area contributed by atoms with Gasteiger partial charge in [-0.05, 0) is 103 Å². The van der Waals surface area contributed by atoms with Crippen molar-refractivity contribution in [2.45, 2.75) is 92.2 Å². The summed E-state index contributed by atoms with van der Waals surface area (Å²) < 4.78 is 6.25. The van der Waals surface area contributed by atoms with Gasteiger partial charge >= 0.3 is 0 Å². The minimum Gasteiger partial charge on any atom is -0.490 e. The van der Waals surface area contributed by atoms with E-state index in [1.165, 1.54) is 11.1 Å². The summed E-state index contributed by atoms with van der Waals surface area (Å²) in [6.45, 7) is -1.05. The molecule has 9 nitrogen and oxygen atoms in total. The molecule has 2 fully saturated rings. The number of halogens is 1. The fraction of sp³-hybridized carbons (Fsp3) is 0.486. The predicted octanol–water partition coefficient (Wildman–Crippen LogP) is 4.03. The molecule has 1 amide bonds. The van der Waals surface area contributed by atoms with Crippen LogP contribution in [0.25, 0.3) is 11.1 Å². The highest BCUT2D eigenvalue weighted by molar-refractivity contribution is 7.99. The third-order valence-electron chi connectivity index (χ3n) is 8.78. The molecular formula is C35H43ClN2O7S. The zero-order chi connectivity index (χ0) is 32.7. The molecule has 46 heavy (non-hydrogen) atoms. The number of aliphatic hydroxyl groups excluding tert-OH is 5. The molecule has 0 bridgehead atoms. The number of carbonyl (C=O) groups excluding carboxylic acids is 1. The van der Waals surface area contributed by atoms with Gasteiger partial charge in [-0.25, -0.2) is 0 Å². The Balaban J connectivity index is 1.12. The first-order valence-corrected chi connectivity index (χ1v) is 17.3. The average Bonchev–Trinajstić information content (AvgIpc) is 4.02. The zero-order valence-corrected chi connectivity index (χ0v) is 27.3. The average molecular weight is 671 g/mol. The van der Waals surface area contributed by atoms with E-state index in [-0.39, 0.29) is 24.3 Å². The number of thioether (sulfide) groups is 1. The van der Waals surface area contributed by atoms with Gasteiger partial charge in [0.25, 0.3) is 0 Å². The fourth-order valence-corrected chi connectivity index (χ4v) is 6.76. The summed E-state index contributed by atoms with van der Waals surface area (Å²) in [7, 11) is 0. The van der Waals surface area contributed by atoms with Gasteiger partial charge in [0.15, 0.2) is 0 Å². The summed E-state index contributed by atoms with van der Waals surface area (Å²) in [6.07, 6.45) is 4.73. The van der Waals surface area contributed by atoms with E-state index in [0.29, 0.717) is 18.3 Å². The lowest BCUT2D eigenvalue weighted by Crippen LogP contribution is -2.49. The second-order valence-corrected chi connectivity index (χ2v) is 13.9. The van der Waals surface area contributed by atoms with Gasteiger partial charge in [-0.3, -0.25) is 9.78 Å². The van der Waals surface area contributed by atoms with Gasteiger partial charge in [0.1, 0.15) is 24.1 Å². The highest BCUT2D eigenvalue weighted by atomic mass is 35.5. The van der Waals surface area contributed by atoms with Crippen LogP contribution in [0.3, 0.4) is 0 Å². The molecule has 0 unspecified atom stereocenters. The number of para-hydroxylation sites is 1. The number of carbonyl (C=O) groups is 1. The largest absolute Gasteiger partial charge is 0.490 e. The van der Waals surface area contributed by atoms with E-state index >= 15 is 0 Å². The Morgan fingerprint density at radius 3 is 2.54 bits per heavy atom. The number of aromatic nitrogens is 1. The topological polar surface area (TPSA) is 152 Å². The van der Waals surface area contributed by atoms with Gasteiger partial charge < -0.3 is 35.6 Å². The normalized spacial score (nSPS) is 18.0. The summed E-state index contributed by atoms with van der Waals surface area (Å²) in [5, 5.41) is 51.1. The maximum atomic E-state index is 12.2. The van der Waals surface area contributed by atoms with Gasteiger partial charge in [-0.1, -0.05) is 29.8 Å². The lowest BCUT2D eigenvalue weighted by atomic mass is 9.85. The van der Waals surface area contributed by atoms with Gasteiger partial charge in [-0.15, -0.1) is 11.8 Å². The molecule has 1 heterocycles. The number of rotatable bonds is 18. The number of benzene rings is 2. The molecule has 3 aromatic rings. The van der Waals surface area contributed by atoms with E-state index in [4.69, 9.17) is 21.4 Å². The highest BCUT2D eigenvalue weighted by Gasteiger charge is 2.45. The van der Waals surface area contributed by atoms with Crippen molar-refractivity contribution in [3.63, 3.8) is 0 Å². The molecular weight excluding hydrogens is 628 g/mol. The van der Waals surface area contributed by atoms with E-state index in [2.05, 4.69) is 40.6 Å². The van der Waals surface area contributed by atoms with Crippen molar-refractivity contribution in [2.75, 3.05) is 18.9 Å². The number of pyridine rings is 1. The quantitative estimate of drug-likeness (QED) is 0.0870. The molecule has 2 aromatic carbocycles. The Kier molecular flexibility index (Phi) is 12.0. The molecule has 248 valence electrons. The van der Waals surface area contributed by atoms with Crippen molar-refractivity contribution in [3.8, 4) is 16.9 Å². The number of aryl methyl sites for hydroxylation is 1. The second kappa shape index (κ2) is 15.9. The molecule has 2 saturated carbocycles.